The van der Waals surface area contributed by atoms with Crippen molar-refractivity contribution in [3.63, 3.8) is 0 Å². The van der Waals surface area contributed by atoms with E-state index in [4.69, 9.17) is 14.2 Å². The summed E-state index contributed by atoms with van der Waals surface area (Å²) in [7, 11) is 3.18. The first kappa shape index (κ1) is 19.1. The monoisotopic (exact) mass is 392 g/mol. The molecule has 1 aliphatic heterocycles. The van der Waals surface area contributed by atoms with Gasteiger partial charge in [-0.1, -0.05) is 24.3 Å². The molecule has 0 radical (unpaired) electrons. The summed E-state index contributed by atoms with van der Waals surface area (Å²) in [6, 6.07) is 17.4. The number of amides is 1. The van der Waals surface area contributed by atoms with Gasteiger partial charge in [0.25, 0.3) is 0 Å². The summed E-state index contributed by atoms with van der Waals surface area (Å²) in [6.45, 7) is 1.25. The van der Waals surface area contributed by atoms with Crippen LogP contribution in [0.1, 0.15) is 12.0 Å². The summed E-state index contributed by atoms with van der Waals surface area (Å²) < 4.78 is 16.6. The van der Waals surface area contributed by atoms with Gasteiger partial charge in [0.05, 0.1) is 32.7 Å². The van der Waals surface area contributed by atoms with Crippen LogP contribution in [0.3, 0.4) is 0 Å². The van der Waals surface area contributed by atoms with Gasteiger partial charge < -0.3 is 19.1 Å². The highest BCUT2D eigenvalue weighted by atomic mass is 16.5. The molecule has 6 nitrogen and oxygen atoms in total. The minimum absolute atomic E-state index is 0.0435. The number of hydrogen-bond donors (Lipinski definition) is 0. The van der Waals surface area contributed by atoms with E-state index in [2.05, 4.69) is 4.98 Å². The molecule has 150 valence electrons. The molecule has 3 aromatic rings. The van der Waals surface area contributed by atoms with Gasteiger partial charge in [-0.15, -0.1) is 0 Å². The lowest BCUT2D eigenvalue weighted by atomic mass is 10.1. The third-order valence-electron chi connectivity index (χ3n) is 5.16. The second-order valence-corrected chi connectivity index (χ2v) is 7.08. The molecule has 2 aromatic carbocycles. The SMILES string of the molecule is COc1ccc(CC(=O)N2CCC(Oc3ccc4ccccc4n3)C2)cc1OC. The molecule has 1 aromatic heterocycles. The number of benzene rings is 2. The lowest BCUT2D eigenvalue weighted by Gasteiger charge is -2.17. The highest BCUT2D eigenvalue weighted by Gasteiger charge is 2.28. The maximum Gasteiger partial charge on any atom is 0.227 e. The van der Waals surface area contributed by atoms with Gasteiger partial charge in [-0.2, -0.15) is 0 Å². The number of hydrogen-bond acceptors (Lipinski definition) is 5. The van der Waals surface area contributed by atoms with Crippen LogP contribution in [0.5, 0.6) is 17.4 Å². The highest BCUT2D eigenvalue weighted by Crippen LogP contribution is 2.28. The first-order chi connectivity index (χ1) is 14.2. The average Bonchev–Trinajstić information content (AvgIpc) is 3.22. The Bertz CT molecular complexity index is 1020. The largest absolute Gasteiger partial charge is 0.493 e. The first-order valence-electron chi connectivity index (χ1n) is 9.67. The zero-order valence-electron chi connectivity index (χ0n) is 16.6. The lowest BCUT2D eigenvalue weighted by Crippen LogP contribution is -2.32. The van der Waals surface area contributed by atoms with E-state index in [0.29, 0.717) is 36.9 Å². The van der Waals surface area contributed by atoms with Crippen molar-refractivity contribution < 1.29 is 19.0 Å². The van der Waals surface area contributed by atoms with Crippen LogP contribution in [0.2, 0.25) is 0 Å². The zero-order chi connectivity index (χ0) is 20.2. The van der Waals surface area contributed by atoms with Crippen LogP contribution in [0, 0.1) is 0 Å². The van der Waals surface area contributed by atoms with Crippen LogP contribution in [0.4, 0.5) is 0 Å². The van der Waals surface area contributed by atoms with Crippen LogP contribution >= 0.6 is 0 Å². The topological polar surface area (TPSA) is 60.9 Å². The third-order valence-corrected chi connectivity index (χ3v) is 5.16. The molecular weight excluding hydrogens is 368 g/mol. The van der Waals surface area contributed by atoms with E-state index in [9.17, 15) is 4.79 Å². The van der Waals surface area contributed by atoms with Gasteiger partial charge in [0.1, 0.15) is 6.10 Å². The molecule has 1 atom stereocenters. The lowest BCUT2D eigenvalue weighted by molar-refractivity contribution is -0.129. The Hall–Kier alpha value is -3.28. The summed E-state index contributed by atoms with van der Waals surface area (Å²) in [4.78, 5) is 19.1. The minimum Gasteiger partial charge on any atom is -0.493 e. The summed E-state index contributed by atoms with van der Waals surface area (Å²) in [5.74, 6) is 1.96. The Labute approximate surface area is 170 Å². The van der Waals surface area contributed by atoms with Crippen molar-refractivity contribution in [3.8, 4) is 17.4 Å². The second-order valence-electron chi connectivity index (χ2n) is 7.08. The van der Waals surface area contributed by atoms with Crippen molar-refractivity contribution in [1.82, 2.24) is 9.88 Å². The van der Waals surface area contributed by atoms with Crippen molar-refractivity contribution in [2.45, 2.75) is 18.9 Å². The maximum atomic E-state index is 12.7. The molecule has 4 rings (SSSR count). The maximum absolute atomic E-state index is 12.7. The molecule has 1 fully saturated rings. The van der Waals surface area contributed by atoms with Gasteiger partial charge in [-0.05, 0) is 29.8 Å². The second kappa shape index (κ2) is 8.39. The fourth-order valence-corrected chi connectivity index (χ4v) is 3.61. The van der Waals surface area contributed by atoms with Crippen molar-refractivity contribution >= 4 is 16.8 Å². The van der Waals surface area contributed by atoms with Gasteiger partial charge in [0, 0.05) is 24.4 Å². The van der Waals surface area contributed by atoms with Crippen LogP contribution < -0.4 is 14.2 Å². The summed E-state index contributed by atoms with van der Waals surface area (Å²) in [6.07, 6.45) is 1.08. The van der Waals surface area contributed by atoms with E-state index in [1.807, 2.05) is 59.5 Å². The van der Waals surface area contributed by atoms with Crippen LogP contribution in [-0.2, 0) is 11.2 Å². The Morgan fingerprint density at radius 1 is 1.07 bits per heavy atom. The fraction of sp³-hybridized carbons (Fsp3) is 0.304. The Morgan fingerprint density at radius 3 is 2.72 bits per heavy atom. The number of rotatable bonds is 6. The number of fused-ring (bicyclic) bond motifs is 1. The van der Waals surface area contributed by atoms with E-state index < -0.39 is 0 Å². The molecule has 2 heterocycles. The molecule has 1 unspecified atom stereocenters. The van der Waals surface area contributed by atoms with Crippen molar-refractivity contribution in [3.05, 3.63) is 60.2 Å². The zero-order valence-corrected chi connectivity index (χ0v) is 16.6. The summed E-state index contributed by atoms with van der Waals surface area (Å²) in [5, 5.41) is 1.08. The molecule has 29 heavy (non-hydrogen) atoms. The van der Waals surface area contributed by atoms with E-state index in [-0.39, 0.29) is 12.0 Å². The van der Waals surface area contributed by atoms with Crippen molar-refractivity contribution in [2.75, 3.05) is 27.3 Å². The van der Waals surface area contributed by atoms with Crippen LogP contribution in [0.15, 0.2) is 54.6 Å². The van der Waals surface area contributed by atoms with E-state index >= 15 is 0 Å². The smallest absolute Gasteiger partial charge is 0.227 e. The molecule has 6 heteroatoms. The molecule has 0 saturated carbocycles. The molecule has 0 aliphatic carbocycles. The van der Waals surface area contributed by atoms with Gasteiger partial charge in [-0.3, -0.25) is 4.79 Å². The number of ether oxygens (including phenoxy) is 3. The molecule has 1 aliphatic rings. The van der Waals surface area contributed by atoms with E-state index in [1.165, 1.54) is 0 Å². The quantitative estimate of drug-likeness (QED) is 0.643. The molecule has 0 spiro atoms. The van der Waals surface area contributed by atoms with Crippen LogP contribution in [-0.4, -0.2) is 49.2 Å². The number of aromatic nitrogens is 1. The fourth-order valence-electron chi connectivity index (χ4n) is 3.61. The first-order valence-corrected chi connectivity index (χ1v) is 9.67. The Kier molecular flexibility index (Phi) is 5.51. The Morgan fingerprint density at radius 2 is 1.90 bits per heavy atom. The number of nitrogens with zero attached hydrogens (tertiary/aromatic N) is 2. The molecule has 1 saturated heterocycles. The number of pyridine rings is 1. The van der Waals surface area contributed by atoms with Gasteiger partial charge in [0.15, 0.2) is 11.5 Å². The minimum atomic E-state index is -0.0435. The highest BCUT2D eigenvalue weighted by molar-refractivity contribution is 5.80. The van der Waals surface area contributed by atoms with Gasteiger partial charge >= 0.3 is 0 Å². The predicted molar refractivity (Wildman–Crippen MR) is 111 cm³/mol. The number of carbonyl (C=O) groups is 1. The van der Waals surface area contributed by atoms with E-state index in [1.54, 1.807) is 14.2 Å². The molecule has 0 bridgehead atoms. The Balaban J connectivity index is 1.37. The van der Waals surface area contributed by atoms with Crippen molar-refractivity contribution in [1.29, 1.82) is 0 Å². The molecule has 0 N–H and O–H groups in total. The number of para-hydroxylation sites is 1. The van der Waals surface area contributed by atoms with Gasteiger partial charge in [0.2, 0.25) is 11.8 Å². The van der Waals surface area contributed by atoms with Crippen molar-refractivity contribution in [2.24, 2.45) is 0 Å². The normalized spacial score (nSPS) is 16.1. The number of likely N-dealkylation sites (tertiary alicyclic amines) is 1. The van der Waals surface area contributed by atoms with E-state index in [0.717, 1.165) is 22.9 Å². The van der Waals surface area contributed by atoms with Gasteiger partial charge in [-0.25, -0.2) is 4.98 Å². The number of carbonyl (C=O) groups excluding carboxylic acids is 1. The molecule has 1 amide bonds. The predicted octanol–water partition coefficient (Wildman–Crippen LogP) is 3.47. The number of methoxy groups -OCH3 is 2. The van der Waals surface area contributed by atoms with Crippen LogP contribution in [0.25, 0.3) is 10.9 Å². The standard InChI is InChI=1S/C23H24N2O4/c1-27-20-9-7-16(13-21(20)28-2)14-23(26)25-12-11-18(15-25)29-22-10-8-17-5-3-4-6-19(17)24-22/h3-10,13,18H,11-12,14-15H2,1-2H3. The summed E-state index contributed by atoms with van der Waals surface area (Å²) >= 11 is 0. The summed E-state index contributed by atoms with van der Waals surface area (Å²) in [5.41, 5.74) is 1.80. The average molecular weight is 392 g/mol. The molecular formula is C23H24N2O4. The third kappa shape index (κ3) is 4.26.